The van der Waals surface area contributed by atoms with Crippen LogP contribution in [0.2, 0.25) is 0 Å². The summed E-state index contributed by atoms with van der Waals surface area (Å²) in [6, 6.07) is 5.42. The number of carbonyl (C=O) groups excluding carboxylic acids is 1. The minimum atomic E-state index is -0.479. The lowest BCUT2D eigenvalue weighted by Gasteiger charge is -2.37. The van der Waals surface area contributed by atoms with E-state index in [1.807, 2.05) is 31.7 Å². The summed E-state index contributed by atoms with van der Waals surface area (Å²) < 4.78 is 11.2. The Bertz CT molecular complexity index is 626. The molecule has 0 radical (unpaired) electrons. The van der Waals surface area contributed by atoms with Crippen molar-refractivity contribution in [3.05, 3.63) is 23.8 Å². The van der Waals surface area contributed by atoms with Gasteiger partial charge in [-0.2, -0.15) is 0 Å². The smallest absolute Gasteiger partial charge is 0.410 e. The Kier molecular flexibility index (Phi) is 5.08. The summed E-state index contributed by atoms with van der Waals surface area (Å²) in [4.78, 5) is 14.3. The largest absolute Gasteiger partial charge is 0.508 e. The fourth-order valence-electron chi connectivity index (χ4n) is 3.42. The molecule has 0 aromatic heterocycles. The Morgan fingerprint density at radius 2 is 2.20 bits per heavy atom. The first-order chi connectivity index (χ1) is 11.8. The van der Waals surface area contributed by atoms with E-state index in [0.29, 0.717) is 13.2 Å². The molecular formula is C19H28N2O4. The highest BCUT2D eigenvalue weighted by atomic mass is 16.6. The first-order valence-corrected chi connectivity index (χ1v) is 9.02. The van der Waals surface area contributed by atoms with Crippen LogP contribution in [0.3, 0.4) is 0 Å². The first-order valence-electron chi connectivity index (χ1n) is 9.02. The van der Waals surface area contributed by atoms with Gasteiger partial charge < -0.3 is 24.8 Å². The third kappa shape index (κ3) is 4.37. The normalized spacial score (nSPS) is 23.1. The number of phenols is 1. The zero-order valence-electron chi connectivity index (χ0n) is 15.2. The van der Waals surface area contributed by atoms with Gasteiger partial charge in [-0.15, -0.1) is 0 Å². The van der Waals surface area contributed by atoms with Crippen LogP contribution < -0.4 is 10.1 Å². The van der Waals surface area contributed by atoms with Crippen molar-refractivity contribution in [3.63, 3.8) is 0 Å². The molecule has 138 valence electrons. The summed E-state index contributed by atoms with van der Waals surface area (Å²) in [6.07, 6.45) is 2.89. The molecule has 6 heteroatoms. The highest BCUT2D eigenvalue weighted by molar-refractivity contribution is 5.68. The molecule has 2 unspecified atom stereocenters. The van der Waals surface area contributed by atoms with Crippen molar-refractivity contribution in [2.24, 2.45) is 0 Å². The van der Waals surface area contributed by atoms with Crippen LogP contribution in [0.25, 0.3) is 0 Å². The molecule has 1 amide bonds. The topological polar surface area (TPSA) is 71.0 Å². The van der Waals surface area contributed by atoms with Crippen LogP contribution >= 0.6 is 0 Å². The van der Waals surface area contributed by atoms with Crippen LogP contribution in [-0.2, 0) is 4.74 Å². The molecule has 1 fully saturated rings. The average Bonchev–Trinajstić information content (AvgIpc) is 2.93. The minimum absolute atomic E-state index is 0.0815. The number of likely N-dealkylation sites (tertiary alicyclic amines) is 1. The second-order valence-electron chi connectivity index (χ2n) is 7.82. The van der Waals surface area contributed by atoms with E-state index in [0.717, 1.165) is 37.1 Å². The lowest BCUT2D eigenvalue weighted by atomic mass is 10.0. The maximum atomic E-state index is 12.5. The predicted molar refractivity (Wildman–Crippen MR) is 94.9 cm³/mol. The summed E-state index contributed by atoms with van der Waals surface area (Å²) in [6.45, 7) is 7.66. The molecule has 0 spiro atoms. The van der Waals surface area contributed by atoms with Gasteiger partial charge in [0, 0.05) is 30.8 Å². The lowest BCUT2D eigenvalue weighted by Crippen LogP contribution is -2.50. The number of hydrogen-bond donors (Lipinski definition) is 2. The van der Waals surface area contributed by atoms with E-state index in [1.54, 1.807) is 12.1 Å². The van der Waals surface area contributed by atoms with E-state index >= 15 is 0 Å². The van der Waals surface area contributed by atoms with Crippen LogP contribution in [0.1, 0.15) is 51.6 Å². The number of carbonyl (C=O) groups is 1. The average molecular weight is 348 g/mol. The molecule has 2 heterocycles. The van der Waals surface area contributed by atoms with Crippen molar-refractivity contribution < 1.29 is 19.4 Å². The van der Waals surface area contributed by atoms with Crippen molar-refractivity contribution in [2.75, 3.05) is 19.7 Å². The summed E-state index contributed by atoms with van der Waals surface area (Å²) in [5.74, 6) is 0.938. The second-order valence-corrected chi connectivity index (χ2v) is 7.82. The molecule has 0 bridgehead atoms. The minimum Gasteiger partial charge on any atom is -0.508 e. The highest BCUT2D eigenvalue weighted by Crippen LogP contribution is 2.35. The van der Waals surface area contributed by atoms with Crippen molar-refractivity contribution in [3.8, 4) is 11.5 Å². The van der Waals surface area contributed by atoms with E-state index in [9.17, 15) is 9.90 Å². The Morgan fingerprint density at radius 3 is 2.96 bits per heavy atom. The van der Waals surface area contributed by atoms with Gasteiger partial charge in [0.1, 0.15) is 23.7 Å². The number of phenolic OH excluding ortho intramolecular Hbond substituents is 1. The molecule has 2 aliphatic heterocycles. The molecule has 25 heavy (non-hydrogen) atoms. The highest BCUT2D eigenvalue weighted by Gasteiger charge is 2.32. The quantitative estimate of drug-likeness (QED) is 0.878. The maximum absolute atomic E-state index is 12.5. The van der Waals surface area contributed by atoms with Crippen LogP contribution in [0, 0.1) is 0 Å². The monoisotopic (exact) mass is 348 g/mol. The van der Waals surface area contributed by atoms with Gasteiger partial charge in [-0.1, -0.05) is 0 Å². The number of hydrogen-bond acceptors (Lipinski definition) is 5. The molecule has 2 atom stereocenters. The van der Waals surface area contributed by atoms with E-state index in [4.69, 9.17) is 9.47 Å². The van der Waals surface area contributed by atoms with E-state index < -0.39 is 5.60 Å². The van der Waals surface area contributed by atoms with Gasteiger partial charge in [-0.3, -0.25) is 0 Å². The van der Waals surface area contributed by atoms with Gasteiger partial charge in [-0.25, -0.2) is 4.79 Å². The predicted octanol–water partition coefficient (Wildman–Crippen LogP) is 3.20. The molecule has 0 aliphatic carbocycles. The fraction of sp³-hybridized carbons (Fsp3) is 0.632. The molecule has 0 saturated carbocycles. The van der Waals surface area contributed by atoms with Crippen LogP contribution in [0.15, 0.2) is 18.2 Å². The molecule has 2 aliphatic rings. The number of ether oxygens (including phenoxy) is 2. The molecule has 1 aromatic rings. The van der Waals surface area contributed by atoms with Gasteiger partial charge >= 0.3 is 6.09 Å². The second kappa shape index (κ2) is 7.12. The molecule has 1 saturated heterocycles. The van der Waals surface area contributed by atoms with Gasteiger partial charge in [0.25, 0.3) is 0 Å². The Hall–Kier alpha value is -1.95. The van der Waals surface area contributed by atoms with Gasteiger partial charge in [0.15, 0.2) is 0 Å². The van der Waals surface area contributed by atoms with Gasteiger partial charge in [0.2, 0.25) is 0 Å². The van der Waals surface area contributed by atoms with Crippen LogP contribution in [0.4, 0.5) is 4.79 Å². The number of nitrogens with zero attached hydrogens (tertiary/aromatic N) is 1. The summed E-state index contributed by atoms with van der Waals surface area (Å²) >= 11 is 0. The molecule has 3 rings (SSSR count). The Balaban J connectivity index is 1.61. The number of benzene rings is 1. The van der Waals surface area contributed by atoms with Crippen molar-refractivity contribution >= 4 is 6.09 Å². The zero-order chi connectivity index (χ0) is 18.0. The number of fused-ring (bicyclic) bond motifs is 1. The van der Waals surface area contributed by atoms with Crippen LogP contribution in [0.5, 0.6) is 11.5 Å². The summed E-state index contributed by atoms with van der Waals surface area (Å²) in [5.41, 5.74) is 0.574. The SMILES string of the molecule is CC(C)(C)OC(=O)N1CCCCC1CNC1COc2cc(O)ccc21. The van der Waals surface area contributed by atoms with Crippen LogP contribution in [-0.4, -0.2) is 47.4 Å². The van der Waals surface area contributed by atoms with E-state index in [1.165, 1.54) is 0 Å². The summed E-state index contributed by atoms with van der Waals surface area (Å²) in [7, 11) is 0. The third-order valence-electron chi connectivity index (χ3n) is 4.63. The van der Waals surface area contributed by atoms with Crippen molar-refractivity contribution in [1.29, 1.82) is 0 Å². The Labute approximate surface area is 149 Å². The molecule has 6 nitrogen and oxygen atoms in total. The molecule has 2 N–H and O–H groups in total. The zero-order valence-corrected chi connectivity index (χ0v) is 15.2. The molecule has 1 aromatic carbocycles. The molecular weight excluding hydrogens is 320 g/mol. The van der Waals surface area contributed by atoms with E-state index in [-0.39, 0.29) is 23.9 Å². The number of rotatable bonds is 3. The summed E-state index contributed by atoms with van der Waals surface area (Å²) in [5, 5.41) is 13.1. The lowest BCUT2D eigenvalue weighted by molar-refractivity contribution is 0.00960. The fourth-order valence-corrected chi connectivity index (χ4v) is 3.42. The third-order valence-corrected chi connectivity index (χ3v) is 4.63. The maximum Gasteiger partial charge on any atom is 0.410 e. The van der Waals surface area contributed by atoms with E-state index in [2.05, 4.69) is 5.32 Å². The first kappa shape index (κ1) is 17.9. The van der Waals surface area contributed by atoms with Gasteiger partial charge in [0.05, 0.1) is 6.04 Å². The number of amides is 1. The van der Waals surface area contributed by atoms with Crippen molar-refractivity contribution in [2.45, 2.75) is 57.7 Å². The van der Waals surface area contributed by atoms with Gasteiger partial charge in [-0.05, 0) is 52.2 Å². The van der Waals surface area contributed by atoms with Crippen molar-refractivity contribution in [1.82, 2.24) is 10.2 Å². The number of piperidine rings is 1. The Morgan fingerprint density at radius 1 is 1.40 bits per heavy atom. The standard InChI is InChI=1S/C19H28N2O4/c1-19(2,3)25-18(23)21-9-5-4-6-13(21)11-20-16-12-24-17-10-14(22)7-8-15(16)17/h7-8,10,13,16,20,22H,4-6,9,11-12H2,1-3H3. The number of aromatic hydroxyl groups is 1. The number of nitrogens with one attached hydrogen (secondary N) is 1.